The largest absolute Gasteiger partial charge is 0.478 e. The van der Waals surface area contributed by atoms with Crippen LogP contribution in [0.5, 0.6) is 0 Å². The van der Waals surface area contributed by atoms with Gasteiger partial charge in [0.05, 0.1) is 11.1 Å². The number of aromatic carboxylic acids is 1. The van der Waals surface area contributed by atoms with Crippen LogP contribution in [0.15, 0.2) is 18.5 Å². The highest BCUT2D eigenvalue weighted by molar-refractivity contribution is 5.96. The molecule has 0 spiro atoms. The molecular weight excluding hydrogens is 232 g/mol. The van der Waals surface area contributed by atoms with E-state index in [1.807, 2.05) is 0 Å². The lowest BCUT2D eigenvalue weighted by Gasteiger charge is -2.10. The first-order valence-electron chi connectivity index (χ1n) is 6.13. The normalized spacial score (nSPS) is 15.6. The van der Waals surface area contributed by atoms with Crippen LogP contribution in [0, 0.1) is 5.92 Å². The summed E-state index contributed by atoms with van der Waals surface area (Å²) in [6, 6.07) is 1.35. The molecule has 96 valence electrons. The number of pyridine rings is 1. The molecule has 0 atom stereocenters. The molecule has 5 heteroatoms. The lowest BCUT2D eigenvalue weighted by atomic mass is 10.1. The van der Waals surface area contributed by atoms with Gasteiger partial charge in [0.2, 0.25) is 0 Å². The SMILES string of the molecule is O=C(O)c1cncc(C(=O)NCC2CCCC2)c1. The molecule has 0 unspecified atom stereocenters. The topological polar surface area (TPSA) is 79.3 Å². The van der Waals surface area contributed by atoms with E-state index in [0.29, 0.717) is 18.0 Å². The van der Waals surface area contributed by atoms with Gasteiger partial charge in [-0.3, -0.25) is 9.78 Å². The van der Waals surface area contributed by atoms with E-state index in [9.17, 15) is 9.59 Å². The number of carboxylic acid groups (broad SMARTS) is 1. The zero-order chi connectivity index (χ0) is 13.0. The molecule has 0 aliphatic heterocycles. The summed E-state index contributed by atoms with van der Waals surface area (Å²) >= 11 is 0. The number of aromatic nitrogens is 1. The van der Waals surface area contributed by atoms with Crippen LogP contribution in [0.1, 0.15) is 46.4 Å². The number of hydrogen-bond donors (Lipinski definition) is 2. The molecule has 2 N–H and O–H groups in total. The number of carbonyl (C=O) groups is 2. The summed E-state index contributed by atoms with van der Waals surface area (Å²) in [4.78, 5) is 26.4. The zero-order valence-corrected chi connectivity index (χ0v) is 10.1. The summed E-state index contributed by atoms with van der Waals surface area (Å²) in [5, 5.41) is 11.7. The van der Waals surface area contributed by atoms with E-state index in [1.54, 1.807) is 0 Å². The number of nitrogens with zero attached hydrogens (tertiary/aromatic N) is 1. The van der Waals surface area contributed by atoms with Crippen LogP contribution in [0.4, 0.5) is 0 Å². The van der Waals surface area contributed by atoms with E-state index >= 15 is 0 Å². The molecule has 1 aromatic heterocycles. The van der Waals surface area contributed by atoms with Crippen molar-refractivity contribution >= 4 is 11.9 Å². The van der Waals surface area contributed by atoms with Crippen LogP contribution in [0.2, 0.25) is 0 Å². The number of nitrogens with one attached hydrogen (secondary N) is 1. The van der Waals surface area contributed by atoms with E-state index in [2.05, 4.69) is 10.3 Å². The third-order valence-corrected chi connectivity index (χ3v) is 3.27. The van der Waals surface area contributed by atoms with Gasteiger partial charge in [-0.2, -0.15) is 0 Å². The highest BCUT2D eigenvalue weighted by Crippen LogP contribution is 2.23. The maximum absolute atomic E-state index is 11.8. The minimum atomic E-state index is -1.08. The Morgan fingerprint density at radius 1 is 1.28 bits per heavy atom. The van der Waals surface area contributed by atoms with Crippen molar-refractivity contribution in [2.45, 2.75) is 25.7 Å². The molecule has 0 radical (unpaired) electrons. The quantitative estimate of drug-likeness (QED) is 0.850. The predicted molar refractivity (Wildman–Crippen MR) is 65.5 cm³/mol. The second-order valence-corrected chi connectivity index (χ2v) is 4.63. The number of carbonyl (C=O) groups excluding carboxylic acids is 1. The smallest absolute Gasteiger partial charge is 0.337 e. The van der Waals surface area contributed by atoms with Crippen molar-refractivity contribution in [3.8, 4) is 0 Å². The van der Waals surface area contributed by atoms with Crippen molar-refractivity contribution in [3.05, 3.63) is 29.6 Å². The Morgan fingerprint density at radius 2 is 1.94 bits per heavy atom. The molecular formula is C13H16N2O3. The van der Waals surface area contributed by atoms with Gasteiger partial charge in [0.1, 0.15) is 0 Å². The molecule has 1 aliphatic rings. The van der Waals surface area contributed by atoms with E-state index in [1.165, 1.54) is 31.3 Å². The summed E-state index contributed by atoms with van der Waals surface area (Å²) < 4.78 is 0. The molecule has 1 aromatic rings. The van der Waals surface area contributed by atoms with Gasteiger partial charge in [-0.05, 0) is 24.8 Å². The van der Waals surface area contributed by atoms with Gasteiger partial charge in [-0.25, -0.2) is 4.79 Å². The average Bonchev–Trinajstić information content (AvgIpc) is 2.89. The van der Waals surface area contributed by atoms with Crippen molar-refractivity contribution in [3.63, 3.8) is 0 Å². The van der Waals surface area contributed by atoms with Gasteiger partial charge < -0.3 is 10.4 Å². The third kappa shape index (κ3) is 3.06. The Balaban J connectivity index is 1.95. The maximum atomic E-state index is 11.8. The molecule has 0 aromatic carbocycles. The van der Waals surface area contributed by atoms with Gasteiger partial charge in [0, 0.05) is 18.9 Å². The van der Waals surface area contributed by atoms with Crippen LogP contribution < -0.4 is 5.32 Å². The number of amides is 1. The Hall–Kier alpha value is -1.91. The maximum Gasteiger partial charge on any atom is 0.337 e. The van der Waals surface area contributed by atoms with Crippen LogP contribution in [-0.4, -0.2) is 28.5 Å². The van der Waals surface area contributed by atoms with Crippen LogP contribution in [0.25, 0.3) is 0 Å². The van der Waals surface area contributed by atoms with Crippen molar-refractivity contribution in [2.24, 2.45) is 5.92 Å². The first kappa shape index (κ1) is 12.5. The average molecular weight is 248 g/mol. The van der Waals surface area contributed by atoms with Crippen molar-refractivity contribution in [1.29, 1.82) is 0 Å². The van der Waals surface area contributed by atoms with Crippen molar-refractivity contribution in [1.82, 2.24) is 10.3 Å². The summed E-state index contributed by atoms with van der Waals surface area (Å²) in [7, 11) is 0. The second kappa shape index (κ2) is 5.62. The standard InChI is InChI=1S/C13H16N2O3/c16-12(15-6-9-3-1-2-4-9)10-5-11(13(17)18)8-14-7-10/h5,7-9H,1-4,6H2,(H,15,16)(H,17,18). The molecule has 18 heavy (non-hydrogen) atoms. The minimum absolute atomic E-state index is 0.0310. The summed E-state index contributed by atoms with van der Waals surface area (Å²) in [6.45, 7) is 0.663. The molecule has 1 saturated carbocycles. The van der Waals surface area contributed by atoms with Gasteiger partial charge in [-0.15, -0.1) is 0 Å². The van der Waals surface area contributed by atoms with Gasteiger partial charge in [0.15, 0.2) is 0 Å². The summed E-state index contributed by atoms with van der Waals surface area (Å²) in [5.74, 6) is -0.769. The number of hydrogen-bond acceptors (Lipinski definition) is 3. The Kier molecular flexibility index (Phi) is 3.92. The van der Waals surface area contributed by atoms with Crippen molar-refractivity contribution in [2.75, 3.05) is 6.54 Å². The van der Waals surface area contributed by atoms with Gasteiger partial charge in [0.25, 0.3) is 5.91 Å². The molecule has 1 fully saturated rings. The zero-order valence-electron chi connectivity index (χ0n) is 10.1. The molecule has 0 saturated heterocycles. The predicted octanol–water partition coefficient (Wildman–Crippen LogP) is 1.70. The fourth-order valence-electron chi connectivity index (χ4n) is 2.23. The fraction of sp³-hybridized carbons (Fsp3) is 0.462. The highest BCUT2D eigenvalue weighted by atomic mass is 16.4. The van der Waals surface area contributed by atoms with Crippen LogP contribution >= 0.6 is 0 Å². The van der Waals surface area contributed by atoms with Gasteiger partial charge >= 0.3 is 5.97 Å². The van der Waals surface area contributed by atoms with Gasteiger partial charge in [-0.1, -0.05) is 12.8 Å². The second-order valence-electron chi connectivity index (χ2n) is 4.63. The Morgan fingerprint density at radius 3 is 2.61 bits per heavy atom. The molecule has 1 aliphatic carbocycles. The Bertz CT molecular complexity index is 453. The monoisotopic (exact) mass is 248 g/mol. The highest BCUT2D eigenvalue weighted by Gasteiger charge is 2.16. The lowest BCUT2D eigenvalue weighted by molar-refractivity contribution is 0.0696. The van der Waals surface area contributed by atoms with E-state index in [-0.39, 0.29) is 11.5 Å². The molecule has 0 bridgehead atoms. The van der Waals surface area contributed by atoms with Crippen LogP contribution in [-0.2, 0) is 0 Å². The third-order valence-electron chi connectivity index (χ3n) is 3.27. The van der Waals surface area contributed by atoms with E-state index in [4.69, 9.17) is 5.11 Å². The molecule has 1 heterocycles. The van der Waals surface area contributed by atoms with E-state index < -0.39 is 5.97 Å². The van der Waals surface area contributed by atoms with Crippen molar-refractivity contribution < 1.29 is 14.7 Å². The van der Waals surface area contributed by atoms with Crippen LogP contribution in [0.3, 0.4) is 0 Å². The summed E-state index contributed by atoms with van der Waals surface area (Å²) in [6.07, 6.45) is 7.40. The first-order chi connectivity index (χ1) is 8.66. The fourth-order valence-corrected chi connectivity index (χ4v) is 2.23. The Labute approximate surface area is 105 Å². The van der Waals surface area contributed by atoms with E-state index in [0.717, 1.165) is 12.8 Å². The minimum Gasteiger partial charge on any atom is -0.478 e. The number of carboxylic acids is 1. The molecule has 5 nitrogen and oxygen atoms in total. The molecule has 1 amide bonds. The lowest BCUT2D eigenvalue weighted by Crippen LogP contribution is -2.28. The molecule has 2 rings (SSSR count). The first-order valence-corrected chi connectivity index (χ1v) is 6.13. The number of rotatable bonds is 4. The summed E-state index contributed by atoms with van der Waals surface area (Å²) in [5.41, 5.74) is 0.330.